The van der Waals surface area contributed by atoms with E-state index in [2.05, 4.69) is 5.32 Å². The van der Waals surface area contributed by atoms with Crippen LogP contribution in [0.4, 0.5) is 11.4 Å². The topological polar surface area (TPSA) is 92.4 Å². The zero-order chi connectivity index (χ0) is 15.4. The van der Waals surface area contributed by atoms with Gasteiger partial charge in [-0.1, -0.05) is 29.8 Å². The lowest BCUT2D eigenvalue weighted by Gasteiger charge is -2.10. The molecule has 0 spiro atoms. The highest BCUT2D eigenvalue weighted by Gasteiger charge is 2.12. The predicted molar refractivity (Wildman–Crippen MR) is 81.6 cm³/mol. The number of carboxylic acids is 1. The number of para-hydroxylation sites is 1. The van der Waals surface area contributed by atoms with Crippen molar-refractivity contribution in [3.05, 3.63) is 58.6 Å². The van der Waals surface area contributed by atoms with E-state index >= 15 is 0 Å². The summed E-state index contributed by atoms with van der Waals surface area (Å²) in [6, 6.07) is 11.3. The molecule has 0 aliphatic heterocycles. The van der Waals surface area contributed by atoms with Crippen molar-refractivity contribution in [1.82, 2.24) is 0 Å². The summed E-state index contributed by atoms with van der Waals surface area (Å²) in [5.74, 6) is -1.37. The minimum Gasteiger partial charge on any atom is -0.481 e. The van der Waals surface area contributed by atoms with E-state index in [-0.39, 0.29) is 6.42 Å². The Hall–Kier alpha value is -2.53. The smallest absolute Gasteiger partial charge is 0.307 e. The number of anilines is 2. The molecule has 2 aromatic rings. The fourth-order valence-electron chi connectivity index (χ4n) is 1.90. The van der Waals surface area contributed by atoms with Gasteiger partial charge in [0.1, 0.15) is 0 Å². The molecule has 4 N–H and O–H groups in total. The summed E-state index contributed by atoms with van der Waals surface area (Å²) in [4.78, 5) is 23.0. The van der Waals surface area contributed by atoms with Crippen molar-refractivity contribution in [2.45, 2.75) is 6.42 Å². The molecular formula is C15H13ClN2O3. The number of halogens is 1. The number of carbonyl (C=O) groups is 2. The second kappa shape index (κ2) is 6.28. The van der Waals surface area contributed by atoms with Gasteiger partial charge in [-0.3, -0.25) is 9.59 Å². The molecule has 108 valence electrons. The van der Waals surface area contributed by atoms with Crippen LogP contribution in [-0.4, -0.2) is 17.0 Å². The van der Waals surface area contributed by atoms with Gasteiger partial charge in [-0.15, -0.1) is 0 Å². The van der Waals surface area contributed by atoms with E-state index in [1.54, 1.807) is 24.3 Å². The van der Waals surface area contributed by atoms with Crippen LogP contribution in [-0.2, 0) is 11.2 Å². The summed E-state index contributed by atoms with van der Waals surface area (Å²) in [5.41, 5.74) is 7.30. The third kappa shape index (κ3) is 3.97. The fourth-order valence-corrected chi connectivity index (χ4v) is 2.14. The molecule has 0 radical (unpaired) electrons. The van der Waals surface area contributed by atoms with Gasteiger partial charge in [0.2, 0.25) is 0 Å². The molecule has 0 atom stereocenters. The number of nitrogen functional groups attached to an aromatic ring is 1. The van der Waals surface area contributed by atoms with E-state index in [0.717, 1.165) is 0 Å². The number of carbonyl (C=O) groups excluding carboxylic acids is 1. The SMILES string of the molecule is Nc1cc(Cl)cc(C(=O)Nc2ccccc2CC(=O)O)c1. The third-order valence-corrected chi connectivity index (χ3v) is 3.01. The van der Waals surface area contributed by atoms with Gasteiger partial charge in [-0.2, -0.15) is 0 Å². The van der Waals surface area contributed by atoms with Gasteiger partial charge < -0.3 is 16.2 Å². The van der Waals surface area contributed by atoms with Gasteiger partial charge in [0, 0.05) is 22.0 Å². The lowest BCUT2D eigenvalue weighted by molar-refractivity contribution is -0.136. The van der Waals surface area contributed by atoms with E-state index in [0.29, 0.717) is 27.5 Å². The maximum Gasteiger partial charge on any atom is 0.307 e. The van der Waals surface area contributed by atoms with Crippen molar-refractivity contribution in [2.75, 3.05) is 11.1 Å². The largest absolute Gasteiger partial charge is 0.481 e. The molecule has 5 nitrogen and oxygen atoms in total. The van der Waals surface area contributed by atoms with Crippen LogP contribution in [0.3, 0.4) is 0 Å². The molecule has 21 heavy (non-hydrogen) atoms. The molecule has 2 rings (SSSR count). The monoisotopic (exact) mass is 304 g/mol. The predicted octanol–water partition coefficient (Wildman–Crippen LogP) is 2.80. The number of aliphatic carboxylic acids is 1. The molecule has 0 saturated heterocycles. The first-order chi connectivity index (χ1) is 9.95. The van der Waals surface area contributed by atoms with Gasteiger partial charge in [0.25, 0.3) is 5.91 Å². The van der Waals surface area contributed by atoms with Crippen molar-refractivity contribution in [2.24, 2.45) is 0 Å². The van der Waals surface area contributed by atoms with Gasteiger partial charge in [0.15, 0.2) is 0 Å². The van der Waals surface area contributed by atoms with Crippen molar-refractivity contribution in [1.29, 1.82) is 0 Å². The Kier molecular flexibility index (Phi) is 4.45. The molecule has 0 heterocycles. The number of hydrogen-bond donors (Lipinski definition) is 3. The van der Waals surface area contributed by atoms with Crippen LogP contribution in [0.1, 0.15) is 15.9 Å². The van der Waals surface area contributed by atoms with Gasteiger partial charge in [-0.25, -0.2) is 0 Å². The molecular weight excluding hydrogens is 292 g/mol. The van der Waals surface area contributed by atoms with Crippen LogP contribution in [0.5, 0.6) is 0 Å². The molecule has 0 bridgehead atoms. The van der Waals surface area contributed by atoms with Crippen molar-refractivity contribution in [3.8, 4) is 0 Å². The Labute approximate surface area is 126 Å². The average Bonchev–Trinajstić information content (AvgIpc) is 2.39. The summed E-state index contributed by atoms with van der Waals surface area (Å²) in [6.07, 6.45) is -0.172. The van der Waals surface area contributed by atoms with E-state index in [9.17, 15) is 9.59 Å². The van der Waals surface area contributed by atoms with Crippen LogP contribution in [0.2, 0.25) is 5.02 Å². The number of rotatable bonds is 4. The number of hydrogen-bond acceptors (Lipinski definition) is 3. The number of benzene rings is 2. The van der Waals surface area contributed by atoms with Crippen LogP contribution < -0.4 is 11.1 Å². The minimum atomic E-state index is -0.969. The number of carboxylic acid groups (broad SMARTS) is 1. The first-order valence-electron chi connectivity index (χ1n) is 6.13. The molecule has 0 aliphatic carbocycles. The normalized spacial score (nSPS) is 10.1. The van der Waals surface area contributed by atoms with Crippen LogP contribution in [0, 0.1) is 0 Å². The van der Waals surface area contributed by atoms with Gasteiger partial charge in [-0.05, 0) is 29.8 Å². The molecule has 6 heteroatoms. The Balaban J connectivity index is 2.25. The van der Waals surface area contributed by atoms with E-state index in [1.165, 1.54) is 18.2 Å². The Morgan fingerprint density at radius 1 is 1.19 bits per heavy atom. The summed E-state index contributed by atoms with van der Waals surface area (Å²) in [7, 11) is 0. The lowest BCUT2D eigenvalue weighted by Crippen LogP contribution is -2.14. The fraction of sp³-hybridized carbons (Fsp3) is 0.0667. The Bertz CT molecular complexity index is 681. The first kappa shape index (κ1) is 14.9. The van der Waals surface area contributed by atoms with E-state index < -0.39 is 11.9 Å². The average molecular weight is 305 g/mol. The zero-order valence-corrected chi connectivity index (χ0v) is 11.7. The maximum atomic E-state index is 12.2. The van der Waals surface area contributed by atoms with E-state index in [4.69, 9.17) is 22.4 Å². The van der Waals surface area contributed by atoms with Crippen molar-refractivity contribution < 1.29 is 14.7 Å². The lowest BCUT2D eigenvalue weighted by atomic mass is 10.1. The van der Waals surface area contributed by atoms with Crippen molar-refractivity contribution >= 4 is 34.9 Å². The molecule has 0 saturated carbocycles. The number of nitrogens with one attached hydrogen (secondary N) is 1. The van der Waals surface area contributed by atoms with Crippen molar-refractivity contribution in [3.63, 3.8) is 0 Å². The van der Waals surface area contributed by atoms with Gasteiger partial charge in [0.05, 0.1) is 6.42 Å². The first-order valence-corrected chi connectivity index (χ1v) is 6.50. The molecule has 1 amide bonds. The zero-order valence-electron chi connectivity index (χ0n) is 11.0. The van der Waals surface area contributed by atoms with Gasteiger partial charge >= 0.3 is 5.97 Å². The van der Waals surface area contributed by atoms with Crippen LogP contribution in [0.15, 0.2) is 42.5 Å². The minimum absolute atomic E-state index is 0.172. The summed E-state index contributed by atoms with van der Waals surface area (Å²) in [6.45, 7) is 0. The summed E-state index contributed by atoms with van der Waals surface area (Å²) >= 11 is 5.86. The molecule has 0 aromatic heterocycles. The summed E-state index contributed by atoms with van der Waals surface area (Å²) < 4.78 is 0. The second-order valence-corrected chi connectivity index (χ2v) is 4.89. The third-order valence-electron chi connectivity index (χ3n) is 2.79. The second-order valence-electron chi connectivity index (χ2n) is 4.46. The summed E-state index contributed by atoms with van der Waals surface area (Å²) in [5, 5.41) is 11.9. The highest BCUT2D eigenvalue weighted by atomic mass is 35.5. The van der Waals surface area contributed by atoms with Crippen LogP contribution in [0.25, 0.3) is 0 Å². The highest BCUT2D eigenvalue weighted by Crippen LogP contribution is 2.20. The molecule has 0 unspecified atom stereocenters. The molecule has 0 fully saturated rings. The van der Waals surface area contributed by atoms with E-state index in [1.807, 2.05) is 0 Å². The Morgan fingerprint density at radius 2 is 1.90 bits per heavy atom. The molecule has 2 aromatic carbocycles. The quantitative estimate of drug-likeness (QED) is 0.757. The standard InChI is InChI=1S/C15H13ClN2O3/c16-11-5-10(6-12(17)8-11)15(21)18-13-4-2-1-3-9(13)7-14(19)20/h1-6,8H,7,17H2,(H,18,21)(H,19,20). The number of nitrogens with two attached hydrogens (primary N) is 1. The number of amides is 1. The maximum absolute atomic E-state index is 12.2. The highest BCUT2D eigenvalue weighted by molar-refractivity contribution is 6.31. The molecule has 0 aliphatic rings. The van der Waals surface area contributed by atoms with Crippen LogP contribution >= 0.6 is 11.6 Å². The Morgan fingerprint density at radius 3 is 2.57 bits per heavy atom.